The van der Waals surface area contributed by atoms with Crippen molar-refractivity contribution in [3.63, 3.8) is 0 Å². The highest BCUT2D eigenvalue weighted by molar-refractivity contribution is 5.61. The first-order valence-corrected chi connectivity index (χ1v) is 6.79. The van der Waals surface area contributed by atoms with E-state index in [4.69, 9.17) is 0 Å². The third kappa shape index (κ3) is 2.61. The predicted molar refractivity (Wildman–Crippen MR) is 78.2 cm³/mol. The number of benzene rings is 1. The summed E-state index contributed by atoms with van der Waals surface area (Å²) >= 11 is 0. The van der Waals surface area contributed by atoms with Crippen LogP contribution in [-0.4, -0.2) is 11.5 Å². The molecule has 98 valence electrons. The molecule has 0 radical (unpaired) electrons. The van der Waals surface area contributed by atoms with Crippen molar-refractivity contribution in [1.29, 1.82) is 0 Å². The largest absolute Gasteiger partial charge is 0.384 e. The van der Waals surface area contributed by atoms with E-state index in [1.54, 1.807) is 0 Å². The van der Waals surface area contributed by atoms with Crippen molar-refractivity contribution in [2.24, 2.45) is 0 Å². The Labute approximate surface area is 114 Å². The zero-order chi connectivity index (χ0) is 13.1. The number of aryl methyl sites for hydroxylation is 1. The lowest BCUT2D eigenvalue weighted by molar-refractivity contribution is 0.690. The summed E-state index contributed by atoms with van der Waals surface area (Å²) in [7, 11) is 0. The minimum absolute atomic E-state index is 0.887. The van der Waals surface area contributed by atoms with E-state index in [2.05, 4.69) is 46.8 Å². The first kappa shape index (κ1) is 12.2. The van der Waals surface area contributed by atoms with Gasteiger partial charge in [-0.05, 0) is 41.7 Å². The molecule has 1 aliphatic heterocycles. The average Bonchev–Trinajstić information content (AvgIpc) is 2.90. The Balaban J connectivity index is 1.65. The third-order valence-electron chi connectivity index (χ3n) is 3.70. The van der Waals surface area contributed by atoms with Crippen molar-refractivity contribution >= 4 is 5.69 Å². The molecule has 0 saturated heterocycles. The maximum atomic E-state index is 4.12. The topological polar surface area (TPSA) is 37.0 Å². The van der Waals surface area contributed by atoms with Crippen LogP contribution in [0.25, 0.3) is 0 Å². The summed E-state index contributed by atoms with van der Waals surface area (Å²) in [4.78, 5) is 4.12. The van der Waals surface area contributed by atoms with Crippen LogP contribution in [0.3, 0.4) is 0 Å². The van der Waals surface area contributed by atoms with Gasteiger partial charge in [0.05, 0.1) is 0 Å². The summed E-state index contributed by atoms with van der Waals surface area (Å²) in [5.74, 6) is 0. The number of rotatable bonds is 4. The van der Waals surface area contributed by atoms with Crippen molar-refractivity contribution in [2.75, 3.05) is 11.9 Å². The Kier molecular flexibility index (Phi) is 3.47. The molecule has 0 bridgehead atoms. The average molecular weight is 253 g/mol. The quantitative estimate of drug-likeness (QED) is 0.879. The van der Waals surface area contributed by atoms with Gasteiger partial charge in [-0.15, -0.1) is 0 Å². The summed E-state index contributed by atoms with van der Waals surface area (Å²) in [5, 5.41) is 7.00. The Morgan fingerprint density at radius 3 is 3.00 bits per heavy atom. The molecule has 2 heterocycles. The van der Waals surface area contributed by atoms with E-state index in [0.717, 1.165) is 26.1 Å². The van der Waals surface area contributed by atoms with Crippen molar-refractivity contribution in [3.8, 4) is 0 Å². The van der Waals surface area contributed by atoms with Crippen LogP contribution in [-0.2, 0) is 19.5 Å². The van der Waals surface area contributed by atoms with Crippen molar-refractivity contribution in [1.82, 2.24) is 10.3 Å². The van der Waals surface area contributed by atoms with Gasteiger partial charge in [0.1, 0.15) is 0 Å². The van der Waals surface area contributed by atoms with Gasteiger partial charge in [0.2, 0.25) is 0 Å². The molecule has 3 heteroatoms. The zero-order valence-corrected chi connectivity index (χ0v) is 11.2. The smallest absolute Gasteiger partial charge is 0.0419 e. The van der Waals surface area contributed by atoms with E-state index in [1.807, 2.05) is 12.4 Å². The Morgan fingerprint density at radius 1 is 1.21 bits per heavy atom. The second-order valence-corrected chi connectivity index (χ2v) is 5.03. The number of anilines is 1. The van der Waals surface area contributed by atoms with Gasteiger partial charge in [0, 0.05) is 37.7 Å². The third-order valence-corrected chi connectivity index (χ3v) is 3.70. The van der Waals surface area contributed by atoms with Gasteiger partial charge >= 0.3 is 0 Å². The molecule has 2 N–H and O–H groups in total. The molecule has 1 aromatic carbocycles. The summed E-state index contributed by atoms with van der Waals surface area (Å²) in [6.45, 7) is 4.96. The fourth-order valence-corrected chi connectivity index (χ4v) is 2.59. The molecule has 1 aliphatic rings. The predicted octanol–water partition coefficient (Wildman–Crippen LogP) is 2.65. The molecule has 0 unspecified atom stereocenters. The second kappa shape index (κ2) is 5.41. The molecule has 0 fully saturated rings. The van der Waals surface area contributed by atoms with E-state index in [9.17, 15) is 0 Å². The van der Waals surface area contributed by atoms with Gasteiger partial charge in [-0.2, -0.15) is 0 Å². The van der Waals surface area contributed by atoms with E-state index in [-0.39, 0.29) is 0 Å². The molecule has 0 amide bonds. The van der Waals surface area contributed by atoms with Crippen LogP contribution in [0.2, 0.25) is 0 Å². The Hall–Kier alpha value is -1.87. The Bertz CT molecular complexity index is 578. The number of nitrogens with zero attached hydrogens (tertiary/aromatic N) is 1. The summed E-state index contributed by atoms with van der Waals surface area (Å²) < 4.78 is 0. The van der Waals surface area contributed by atoms with Crippen molar-refractivity contribution in [2.45, 2.75) is 26.4 Å². The molecular formula is C16H19N3. The normalized spacial score (nSPS) is 13.1. The molecule has 0 spiro atoms. The lowest BCUT2D eigenvalue weighted by atomic mass is 10.1. The van der Waals surface area contributed by atoms with Crippen LogP contribution in [0, 0.1) is 6.92 Å². The first-order chi connectivity index (χ1) is 9.34. The summed E-state index contributed by atoms with van der Waals surface area (Å²) in [6.07, 6.45) is 4.91. The van der Waals surface area contributed by atoms with E-state index < -0.39 is 0 Å². The molecule has 0 atom stereocenters. The van der Waals surface area contributed by atoms with Gasteiger partial charge in [0.25, 0.3) is 0 Å². The molecule has 0 saturated carbocycles. The summed E-state index contributed by atoms with van der Waals surface area (Å²) in [5.41, 5.74) is 6.70. The zero-order valence-electron chi connectivity index (χ0n) is 11.2. The standard InChI is InChI=1S/C16H19N3/c1-12-9-17-7-5-14(12)10-18-11-15-4-2-3-13-6-8-19-16(13)15/h2-5,7,9,18-19H,6,8,10-11H2,1H3. The lowest BCUT2D eigenvalue weighted by Gasteiger charge is -2.11. The van der Waals surface area contributed by atoms with Gasteiger partial charge in [-0.3, -0.25) is 4.98 Å². The first-order valence-electron chi connectivity index (χ1n) is 6.79. The fraction of sp³-hybridized carbons (Fsp3) is 0.312. The minimum Gasteiger partial charge on any atom is -0.384 e. The van der Waals surface area contributed by atoms with Crippen LogP contribution in [0.15, 0.2) is 36.7 Å². The van der Waals surface area contributed by atoms with E-state index in [0.29, 0.717) is 0 Å². The number of nitrogens with one attached hydrogen (secondary N) is 2. The highest BCUT2D eigenvalue weighted by atomic mass is 14.9. The molecular weight excluding hydrogens is 234 g/mol. The minimum atomic E-state index is 0.887. The number of hydrogen-bond acceptors (Lipinski definition) is 3. The highest BCUT2D eigenvalue weighted by Gasteiger charge is 2.12. The van der Waals surface area contributed by atoms with Crippen LogP contribution in [0.4, 0.5) is 5.69 Å². The van der Waals surface area contributed by atoms with Crippen LogP contribution < -0.4 is 10.6 Å². The Morgan fingerprint density at radius 2 is 2.11 bits per heavy atom. The van der Waals surface area contributed by atoms with Crippen molar-refractivity contribution < 1.29 is 0 Å². The summed E-state index contributed by atoms with van der Waals surface area (Å²) in [6, 6.07) is 8.64. The SMILES string of the molecule is Cc1cnccc1CNCc1cccc2c1NCC2. The number of aromatic nitrogens is 1. The number of hydrogen-bond donors (Lipinski definition) is 2. The van der Waals surface area contributed by atoms with Crippen LogP contribution >= 0.6 is 0 Å². The van der Waals surface area contributed by atoms with E-state index >= 15 is 0 Å². The molecule has 3 rings (SSSR count). The maximum Gasteiger partial charge on any atom is 0.0419 e. The molecule has 0 aliphatic carbocycles. The van der Waals surface area contributed by atoms with Gasteiger partial charge in [0.15, 0.2) is 0 Å². The number of fused-ring (bicyclic) bond motifs is 1. The maximum absolute atomic E-state index is 4.12. The van der Waals surface area contributed by atoms with E-state index in [1.165, 1.54) is 27.9 Å². The van der Waals surface area contributed by atoms with Crippen LogP contribution in [0.1, 0.15) is 22.3 Å². The highest BCUT2D eigenvalue weighted by Crippen LogP contribution is 2.26. The van der Waals surface area contributed by atoms with Gasteiger partial charge < -0.3 is 10.6 Å². The van der Waals surface area contributed by atoms with Gasteiger partial charge in [-0.25, -0.2) is 0 Å². The number of pyridine rings is 1. The van der Waals surface area contributed by atoms with Crippen molar-refractivity contribution in [3.05, 3.63) is 58.9 Å². The molecule has 3 nitrogen and oxygen atoms in total. The fourth-order valence-electron chi connectivity index (χ4n) is 2.59. The second-order valence-electron chi connectivity index (χ2n) is 5.03. The molecule has 1 aromatic heterocycles. The number of para-hydroxylation sites is 1. The van der Waals surface area contributed by atoms with Gasteiger partial charge in [-0.1, -0.05) is 18.2 Å². The molecule has 19 heavy (non-hydrogen) atoms. The molecule has 2 aromatic rings. The monoisotopic (exact) mass is 253 g/mol. The lowest BCUT2D eigenvalue weighted by Crippen LogP contribution is -2.14. The van der Waals surface area contributed by atoms with Crippen LogP contribution in [0.5, 0.6) is 0 Å².